The first-order valence-corrected chi connectivity index (χ1v) is 9.87. The minimum Gasteiger partial charge on any atom is -0.328 e. The number of nitrogens with one attached hydrogen (secondary N) is 1. The third kappa shape index (κ3) is 31.0. The lowest BCUT2D eigenvalue weighted by molar-refractivity contribution is -0.742. The van der Waals surface area contributed by atoms with Gasteiger partial charge in [-0.2, -0.15) is 0 Å². The molecule has 0 aromatic heterocycles. The van der Waals surface area contributed by atoms with Crippen molar-refractivity contribution < 1.29 is 15.1 Å². The van der Waals surface area contributed by atoms with Gasteiger partial charge in [0.1, 0.15) is 0 Å². The monoisotopic (exact) mass is 361 g/mol. The minimum absolute atomic E-state index is 0.0373. The molecule has 0 heterocycles. The predicted octanol–water partition coefficient (Wildman–Crippen LogP) is 4.89. The number of unbranched alkanes of at least 4 members (excludes halogenated alkanes) is 14. The summed E-state index contributed by atoms with van der Waals surface area (Å²) < 4.78 is 0. The van der Waals surface area contributed by atoms with Crippen molar-refractivity contribution in [3.8, 4) is 0 Å². The summed E-state index contributed by atoms with van der Waals surface area (Å²) >= 11 is 0. The number of hydrogen-bond donors (Lipinski definition) is 3. The standard InChI is InChI=1S/C18H38N2O.HNO3/c1-2-3-4-5-6-7-8-9-10-11-12-13-14-15-16-17-18(21)20-19;2-1(3)4/h2-17,19H2,1H3,(H,20,21);(H,2,3,4). The number of nitrogens with zero attached hydrogens (tertiary/aromatic N) is 1. The molecule has 0 aromatic rings. The van der Waals surface area contributed by atoms with E-state index in [0.29, 0.717) is 6.42 Å². The average Bonchev–Trinajstić information content (AvgIpc) is 2.57. The smallest absolute Gasteiger partial charge is 0.291 e. The lowest BCUT2D eigenvalue weighted by Gasteiger charge is -2.03. The summed E-state index contributed by atoms with van der Waals surface area (Å²) in [7, 11) is 0. The fraction of sp³-hybridized carbons (Fsp3) is 0.944. The Bertz CT molecular complexity index is 298. The van der Waals surface area contributed by atoms with Crippen LogP contribution in [0.5, 0.6) is 0 Å². The zero-order valence-corrected chi connectivity index (χ0v) is 16.0. The van der Waals surface area contributed by atoms with Gasteiger partial charge in [0.25, 0.3) is 5.09 Å². The van der Waals surface area contributed by atoms with Gasteiger partial charge in [-0.1, -0.05) is 96.8 Å². The third-order valence-corrected chi connectivity index (χ3v) is 4.17. The number of nitrogens with two attached hydrogens (primary N) is 1. The molecule has 150 valence electrons. The molecule has 0 saturated carbocycles. The van der Waals surface area contributed by atoms with E-state index in [9.17, 15) is 4.79 Å². The molecule has 0 radical (unpaired) electrons. The van der Waals surface area contributed by atoms with Crippen LogP contribution in [0.3, 0.4) is 0 Å². The summed E-state index contributed by atoms with van der Waals surface area (Å²) in [6.45, 7) is 2.27. The van der Waals surface area contributed by atoms with E-state index in [-0.39, 0.29) is 5.91 Å². The molecule has 0 aromatic carbocycles. The van der Waals surface area contributed by atoms with Gasteiger partial charge in [-0.05, 0) is 6.42 Å². The molecular formula is C18H39N3O4. The highest BCUT2D eigenvalue weighted by Crippen LogP contribution is 2.13. The maximum absolute atomic E-state index is 10.9. The Balaban J connectivity index is 0. The summed E-state index contributed by atoms with van der Waals surface area (Å²) in [5.41, 5.74) is 2.18. The molecule has 0 saturated heterocycles. The largest absolute Gasteiger partial charge is 0.328 e. The van der Waals surface area contributed by atoms with Gasteiger partial charge < -0.3 is 5.21 Å². The maximum Gasteiger partial charge on any atom is 0.291 e. The second-order valence-electron chi connectivity index (χ2n) is 6.51. The van der Waals surface area contributed by atoms with Crippen molar-refractivity contribution in [1.29, 1.82) is 0 Å². The molecule has 0 aliphatic heterocycles. The molecular weight excluding hydrogens is 322 g/mol. The summed E-state index contributed by atoms with van der Waals surface area (Å²) in [5.74, 6) is 5.00. The second-order valence-corrected chi connectivity index (χ2v) is 6.51. The topological polar surface area (TPSA) is 118 Å². The van der Waals surface area contributed by atoms with Crippen LogP contribution in [-0.4, -0.2) is 16.2 Å². The van der Waals surface area contributed by atoms with Gasteiger partial charge in [0.15, 0.2) is 0 Å². The summed E-state index contributed by atoms with van der Waals surface area (Å²) in [5, 5.41) is 13.6. The molecule has 4 N–H and O–H groups in total. The molecule has 0 aliphatic rings. The van der Waals surface area contributed by atoms with Crippen molar-refractivity contribution in [2.24, 2.45) is 5.84 Å². The van der Waals surface area contributed by atoms with E-state index in [1.54, 1.807) is 0 Å². The van der Waals surface area contributed by atoms with Crippen LogP contribution in [0.4, 0.5) is 0 Å². The van der Waals surface area contributed by atoms with Gasteiger partial charge in [-0.3, -0.25) is 10.2 Å². The normalized spacial score (nSPS) is 10.0. The van der Waals surface area contributed by atoms with Crippen LogP contribution in [-0.2, 0) is 4.79 Å². The number of hydrogen-bond acceptors (Lipinski definition) is 4. The molecule has 25 heavy (non-hydrogen) atoms. The van der Waals surface area contributed by atoms with Crippen molar-refractivity contribution >= 4 is 5.91 Å². The van der Waals surface area contributed by atoms with Gasteiger partial charge in [0, 0.05) is 6.42 Å². The third-order valence-electron chi connectivity index (χ3n) is 4.17. The van der Waals surface area contributed by atoms with E-state index in [4.69, 9.17) is 21.2 Å². The molecule has 0 atom stereocenters. The Hall–Kier alpha value is -1.37. The second kappa shape index (κ2) is 22.6. The SMILES string of the molecule is CCCCCCCCCCCCCCCCCC(=O)NN.O=[N+]([O-])O. The van der Waals surface area contributed by atoms with Crippen molar-refractivity contribution in [1.82, 2.24) is 5.43 Å². The first-order chi connectivity index (χ1) is 12.0. The van der Waals surface area contributed by atoms with Crippen LogP contribution in [0.1, 0.15) is 110 Å². The fourth-order valence-electron chi connectivity index (χ4n) is 2.73. The number of rotatable bonds is 16. The van der Waals surface area contributed by atoms with Crippen molar-refractivity contribution in [2.75, 3.05) is 0 Å². The van der Waals surface area contributed by atoms with E-state index in [2.05, 4.69) is 12.3 Å². The Morgan fingerprint density at radius 2 is 1.12 bits per heavy atom. The minimum atomic E-state index is -1.50. The first-order valence-electron chi connectivity index (χ1n) is 9.87. The van der Waals surface area contributed by atoms with Crippen molar-refractivity contribution in [3.05, 3.63) is 10.1 Å². The van der Waals surface area contributed by atoms with Crippen LogP contribution in [0.2, 0.25) is 0 Å². The highest BCUT2D eigenvalue weighted by molar-refractivity contribution is 5.74. The number of hydrazine groups is 1. The lowest BCUT2D eigenvalue weighted by atomic mass is 10.0. The van der Waals surface area contributed by atoms with E-state index >= 15 is 0 Å². The van der Waals surface area contributed by atoms with Crippen molar-refractivity contribution in [2.45, 2.75) is 110 Å². The number of carbonyl (C=O) groups is 1. The van der Waals surface area contributed by atoms with E-state index in [1.165, 1.54) is 83.5 Å². The average molecular weight is 362 g/mol. The maximum atomic E-state index is 10.9. The molecule has 7 heteroatoms. The molecule has 1 amide bonds. The van der Waals surface area contributed by atoms with Crippen molar-refractivity contribution in [3.63, 3.8) is 0 Å². The zero-order chi connectivity index (χ0) is 19.2. The van der Waals surface area contributed by atoms with Crippen LogP contribution < -0.4 is 11.3 Å². The summed E-state index contributed by atoms with van der Waals surface area (Å²) in [4.78, 5) is 19.3. The number of carbonyl (C=O) groups excluding carboxylic acids is 1. The first kappa shape index (κ1) is 25.9. The fourth-order valence-corrected chi connectivity index (χ4v) is 2.73. The highest BCUT2D eigenvalue weighted by atomic mass is 16.9. The van der Waals surface area contributed by atoms with E-state index in [1.807, 2.05) is 0 Å². The molecule has 0 fully saturated rings. The van der Waals surface area contributed by atoms with Gasteiger partial charge >= 0.3 is 0 Å². The van der Waals surface area contributed by atoms with Crippen LogP contribution in [0, 0.1) is 10.1 Å². The zero-order valence-electron chi connectivity index (χ0n) is 16.0. The predicted molar refractivity (Wildman–Crippen MR) is 101 cm³/mol. The highest BCUT2D eigenvalue weighted by Gasteiger charge is 1.98. The molecule has 0 rings (SSSR count). The van der Waals surface area contributed by atoms with Crippen LogP contribution >= 0.6 is 0 Å². The Labute approximate surface area is 152 Å². The van der Waals surface area contributed by atoms with E-state index in [0.717, 1.165) is 12.8 Å². The molecule has 0 spiro atoms. The Morgan fingerprint density at radius 1 is 0.840 bits per heavy atom. The van der Waals surface area contributed by atoms with Gasteiger partial charge in [-0.25, -0.2) is 5.84 Å². The number of amides is 1. The summed E-state index contributed by atoms with van der Waals surface area (Å²) in [6, 6.07) is 0. The molecule has 0 bridgehead atoms. The Kier molecular flexibility index (Phi) is 23.4. The molecule has 0 aliphatic carbocycles. The van der Waals surface area contributed by atoms with Crippen LogP contribution in [0.25, 0.3) is 0 Å². The summed E-state index contributed by atoms with van der Waals surface area (Å²) in [6.07, 6.45) is 20.8. The van der Waals surface area contributed by atoms with Crippen LogP contribution in [0.15, 0.2) is 0 Å². The quantitative estimate of drug-likeness (QED) is 0.119. The van der Waals surface area contributed by atoms with Gasteiger partial charge in [0.2, 0.25) is 5.91 Å². The Morgan fingerprint density at radius 3 is 1.40 bits per heavy atom. The molecule has 0 unspecified atom stereocenters. The van der Waals surface area contributed by atoms with Gasteiger partial charge in [0.05, 0.1) is 0 Å². The molecule has 7 nitrogen and oxygen atoms in total. The van der Waals surface area contributed by atoms with E-state index < -0.39 is 5.09 Å². The lowest BCUT2D eigenvalue weighted by Crippen LogP contribution is -2.29. The van der Waals surface area contributed by atoms with Gasteiger partial charge in [-0.15, -0.1) is 10.1 Å².